The molecule has 0 saturated carbocycles. The van der Waals surface area contributed by atoms with Gasteiger partial charge in [0.05, 0.1) is 11.5 Å². The zero-order valence-corrected chi connectivity index (χ0v) is 9.70. The molecule has 0 fully saturated rings. The molecule has 1 aromatic carbocycles. The van der Waals surface area contributed by atoms with Crippen molar-refractivity contribution in [1.29, 1.82) is 0 Å². The Kier molecular flexibility index (Phi) is 4.77. The third-order valence-corrected chi connectivity index (χ3v) is 2.12. The summed E-state index contributed by atoms with van der Waals surface area (Å²) in [5, 5.41) is 24.0. The highest BCUT2D eigenvalue weighted by Gasteiger charge is 2.12. The Balaban J connectivity index is 2.48. The van der Waals surface area contributed by atoms with Gasteiger partial charge in [0.15, 0.2) is 0 Å². The fourth-order valence-electron chi connectivity index (χ4n) is 1.13. The Labute approximate surface area is 107 Å². The molecule has 1 unspecified atom stereocenters. The van der Waals surface area contributed by atoms with Gasteiger partial charge >= 0.3 is 6.03 Å². The van der Waals surface area contributed by atoms with Crippen molar-refractivity contribution in [3.05, 3.63) is 34.4 Å². The zero-order chi connectivity index (χ0) is 14.4. The molecule has 0 bridgehead atoms. The van der Waals surface area contributed by atoms with Crippen LogP contribution in [0.3, 0.4) is 0 Å². The maximum absolute atomic E-state index is 11.3. The summed E-state index contributed by atoms with van der Waals surface area (Å²) in [5.41, 5.74) is 5.02. The summed E-state index contributed by atoms with van der Waals surface area (Å²) in [5.74, 6) is -0.948. The molecule has 1 atom stereocenters. The number of hydrogen-bond acceptors (Lipinski definition) is 5. The van der Waals surface area contributed by atoms with Gasteiger partial charge < -0.3 is 21.5 Å². The second-order valence-electron chi connectivity index (χ2n) is 3.56. The number of hydrogen-bond donors (Lipinski definition) is 4. The molecule has 0 heterocycles. The van der Waals surface area contributed by atoms with E-state index in [4.69, 9.17) is 10.8 Å². The molecule has 9 heteroatoms. The smallest absolute Gasteiger partial charge is 0.319 e. The van der Waals surface area contributed by atoms with Crippen molar-refractivity contribution in [1.82, 2.24) is 5.32 Å². The molecule has 19 heavy (non-hydrogen) atoms. The van der Waals surface area contributed by atoms with Crippen molar-refractivity contribution < 1.29 is 19.6 Å². The first-order chi connectivity index (χ1) is 8.90. The number of benzene rings is 1. The van der Waals surface area contributed by atoms with Crippen molar-refractivity contribution in [2.75, 3.05) is 11.9 Å². The number of nitro groups is 1. The van der Waals surface area contributed by atoms with E-state index in [9.17, 15) is 19.7 Å². The second-order valence-corrected chi connectivity index (χ2v) is 3.56. The summed E-state index contributed by atoms with van der Waals surface area (Å²) in [4.78, 5) is 31.7. The van der Waals surface area contributed by atoms with E-state index in [1.165, 1.54) is 24.3 Å². The van der Waals surface area contributed by atoms with Crippen molar-refractivity contribution in [3.63, 3.8) is 0 Å². The number of amides is 3. The lowest BCUT2D eigenvalue weighted by atomic mass is 10.3. The van der Waals surface area contributed by atoms with Gasteiger partial charge in [-0.2, -0.15) is 0 Å². The summed E-state index contributed by atoms with van der Waals surface area (Å²) in [6.45, 7) is -0.325. The molecule has 0 spiro atoms. The molecular weight excluding hydrogens is 256 g/mol. The van der Waals surface area contributed by atoms with Crippen LogP contribution in [0.5, 0.6) is 0 Å². The fourth-order valence-corrected chi connectivity index (χ4v) is 1.13. The molecular formula is C10H12N4O5. The van der Waals surface area contributed by atoms with Crippen LogP contribution in [-0.2, 0) is 4.79 Å². The van der Waals surface area contributed by atoms with Crippen LogP contribution >= 0.6 is 0 Å². The molecule has 1 rings (SSSR count). The van der Waals surface area contributed by atoms with Crippen LogP contribution in [0.1, 0.15) is 0 Å². The van der Waals surface area contributed by atoms with Gasteiger partial charge in [0.1, 0.15) is 6.10 Å². The molecule has 9 nitrogen and oxygen atoms in total. The first-order valence-corrected chi connectivity index (χ1v) is 5.17. The average molecular weight is 268 g/mol. The summed E-state index contributed by atoms with van der Waals surface area (Å²) >= 11 is 0. The number of aliphatic hydroxyl groups is 1. The number of anilines is 1. The van der Waals surface area contributed by atoms with Crippen molar-refractivity contribution in [2.45, 2.75) is 6.10 Å². The number of nitro benzene ring substituents is 1. The Bertz CT molecular complexity index is 487. The van der Waals surface area contributed by atoms with Crippen LogP contribution in [0.2, 0.25) is 0 Å². The molecule has 0 aliphatic carbocycles. The van der Waals surface area contributed by atoms with E-state index >= 15 is 0 Å². The van der Waals surface area contributed by atoms with Crippen LogP contribution in [0.4, 0.5) is 16.2 Å². The van der Waals surface area contributed by atoms with E-state index < -0.39 is 23.0 Å². The summed E-state index contributed by atoms with van der Waals surface area (Å²) in [7, 11) is 0. The molecule has 0 saturated heterocycles. The number of nitrogens with one attached hydrogen (secondary N) is 2. The molecule has 0 aliphatic rings. The van der Waals surface area contributed by atoms with Crippen LogP contribution in [-0.4, -0.2) is 34.6 Å². The number of non-ortho nitro benzene ring substituents is 1. The Hall–Kier alpha value is -2.68. The monoisotopic (exact) mass is 268 g/mol. The van der Waals surface area contributed by atoms with Gasteiger partial charge in [-0.25, -0.2) is 4.79 Å². The standard InChI is InChI=1S/C10H12N4O5/c11-9(16)8(15)5-12-10(17)13-6-1-3-7(4-2-6)14(18)19/h1-4,8,15H,5H2,(H2,11,16)(H2,12,13,17). The number of nitrogens with two attached hydrogens (primary N) is 1. The number of rotatable bonds is 5. The second kappa shape index (κ2) is 6.31. The van der Waals surface area contributed by atoms with Crippen LogP contribution in [0, 0.1) is 10.1 Å². The number of carbonyl (C=O) groups excluding carboxylic acids is 2. The lowest BCUT2D eigenvalue weighted by Crippen LogP contribution is -2.41. The first-order valence-electron chi connectivity index (χ1n) is 5.17. The zero-order valence-electron chi connectivity index (χ0n) is 9.70. The van der Waals surface area contributed by atoms with E-state index in [1.807, 2.05) is 0 Å². The molecule has 3 amide bonds. The minimum Gasteiger partial charge on any atom is -0.381 e. The highest BCUT2D eigenvalue weighted by molar-refractivity contribution is 5.90. The van der Waals surface area contributed by atoms with Crippen LogP contribution in [0.15, 0.2) is 24.3 Å². The van der Waals surface area contributed by atoms with Crippen molar-refractivity contribution in [2.24, 2.45) is 5.73 Å². The predicted molar refractivity (Wildman–Crippen MR) is 65.3 cm³/mol. The minimum atomic E-state index is -1.47. The van der Waals surface area contributed by atoms with E-state index in [-0.39, 0.29) is 12.2 Å². The summed E-state index contributed by atoms with van der Waals surface area (Å²) in [6.07, 6.45) is -1.47. The van der Waals surface area contributed by atoms with Gasteiger partial charge in [-0.1, -0.05) is 0 Å². The highest BCUT2D eigenvalue weighted by atomic mass is 16.6. The largest absolute Gasteiger partial charge is 0.381 e. The first kappa shape index (κ1) is 14.4. The third kappa shape index (κ3) is 4.60. The highest BCUT2D eigenvalue weighted by Crippen LogP contribution is 2.14. The number of urea groups is 1. The summed E-state index contributed by atoms with van der Waals surface area (Å²) < 4.78 is 0. The molecule has 102 valence electrons. The Morgan fingerprint density at radius 1 is 1.37 bits per heavy atom. The Morgan fingerprint density at radius 3 is 2.42 bits per heavy atom. The number of primary amides is 1. The van der Waals surface area contributed by atoms with Gasteiger partial charge in [0.2, 0.25) is 5.91 Å². The van der Waals surface area contributed by atoms with Crippen LogP contribution in [0.25, 0.3) is 0 Å². The Morgan fingerprint density at radius 2 is 1.95 bits per heavy atom. The van der Waals surface area contributed by atoms with E-state index in [0.29, 0.717) is 5.69 Å². The third-order valence-electron chi connectivity index (χ3n) is 2.12. The number of carbonyl (C=O) groups is 2. The molecule has 0 aromatic heterocycles. The van der Waals surface area contributed by atoms with Gasteiger partial charge in [-0.3, -0.25) is 14.9 Å². The number of nitrogens with zero attached hydrogens (tertiary/aromatic N) is 1. The maximum atomic E-state index is 11.3. The molecule has 0 radical (unpaired) electrons. The fraction of sp³-hybridized carbons (Fsp3) is 0.200. The van der Waals surface area contributed by atoms with Crippen molar-refractivity contribution in [3.8, 4) is 0 Å². The van der Waals surface area contributed by atoms with E-state index in [2.05, 4.69) is 10.6 Å². The topological polar surface area (TPSA) is 148 Å². The lowest BCUT2D eigenvalue weighted by Gasteiger charge is -2.09. The normalized spacial score (nSPS) is 11.4. The summed E-state index contributed by atoms with van der Waals surface area (Å²) in [6, 6.07) is 4.49. The van der Waals surface area contributed by atoms with E-state index in [1.54, 1.807) is 0 Å². The van der Waals surface area contributed by atoms with Gasteiger partial charge in [-0.15, -0.1) is 0 Å². The number of aliphatic hydroxyl groups excluding tert-OH is 1. The minimum absolute atomic E-state index is 0.102. The van der Waals surface area contributed by atoms with E-state index in [0.717, 1.165) is 0 Å². The maximum Gasteiger partial charge on any atom is 0.319 e. The molecule has 5 N–H and O–H groups in total. The molecule has 1 aromatic rings. The predicted octanol–water partition coefficient (Wildman–Crippen LogP) is -0.438. The molecule has 0 aliphatic heterocycles. The quantitative estimate of drug-likeness (QED) is 0.422. The SMILES string of the molecule is NC(=O)C(O)CNC(=O)Nc1ccc([N+](=O)[O-])cc1. The van der Waals surface area contributed by atoms with Crippen molar-refractivity contribution >= 4 is 23.3 Å². The average Bonchev–Trinajstić information content (AvgIpc) is 2.36. The van der Waals surface area contributed by atoms with Crippen LogP contribution < -0.4 is 16.4 Å². The van der Waals surface area contributed by atoms with Gasteiger partial charge in [0, 0.05) is 17.8 Å². The van der Waals surface area contributed by atoms with Gasteiger partial charge in [0.25, 0.3) is 5.69 Å². The van der Waals surface area contributed by atoms with Gasteiger partial charge in [-0.05, 0) is 12.1 Å². The lowest BCUT2D eigenvalue weighted by molar-refractivity contribution is -0.384.